The van der Waals surface area contributed by atoms with Crippen LogP contribution in [0.15, 0.2) is 65.4 Å². The number of aromatic nitrogens is 2. The second-order valence-corrected chi connectivity index (χ2v) is 6.22. The van der Waals surface area contributed by atoms with Crippen LogP contribution in [0.1, 0.15) is 15.9 Å². The van der Waals surface area contributed by atoms with E-state index in [4.69, 9.17) is 4.74 Å². The number of rotatable bonds is 5. The van der Waals surface area contributed by atoms with Crippen LogP contribution in [-0.2, 0) is 6.54 Å². The van der Waals surface area contributed by atoms with Gasteiger partial charge >= 0.3 is 0 Å². The van der Waals surface area contributed by atoms with Crippen LogP contribution in [0.25, 0.3) is 11.4 Å². The van der Waals surface area contributed by atoms with Gasteiger partial charge in [0.2, 0.25) is 0 Å². The second kappa shape index (κ2) is 7.90. The van der Waals surface area contributed by atoms with Crippen LogP contribution in [0.4, 0.5) is 0 Å². The maximum Gasteiger partial charge on any atom is 0.254 e. The molecular weight excluding hydrogens is 382 g/mol. The first kappa shape index (κ1) is 17.1. The van der Waals surface area contributed by atoms with Crippen molar-refractivity contribution >= 4 is 21.8 Å². The summed E-state index contributed by atoms with van der Waals surface area (Å²) >= 11 is 3.42. The number of amides is 1. The Morgan fingerprint density at radius 2 is 1.84 bits per heavy atom. The Morgan fingerprint density at radius 3 is 2.52 bits per heavy atom. The number of nitrogens with zero attached hydrogens (tertiary/aromatic N) is 2. The lowest BCUT2D eigenvalue weighted by molar-refractivity contribution is 0.0950. The zero-order valence-corrected chi connectivity index (χ0v) is 15.2. The van der Waals surface area contributed by atoms with E-state index in [1.165, 1.54) is 12.4 Å². The van der Waals surface area contributed by atoms with E-state index in [2.05, 4.69) is 31.2 Å². The van der Waals surface area contributed by atoms with E-state index in [1.807, 2.05) is 48.5 Å². The van der Waals surface area contributed by atoms with E-state index < -0.39 is 0 Å². The van der Waals surface area contributed by atoms with E-state index >= 15 is 0 Å². The predicted octanol–water partition coefficient (Wildman–Crippen LogP) is 3.84. The minimum absolute atomic E-state index is 0.235. The zero-order chi connectivity index (χ0) is 17.6. The molecule has 0 unspecified atom stereocenters. The third-order valence-electron chi connectivity index (χ3n) is 3.63. The fourth-order valence-corrected chi connectivity index (χ4v) is 2.75. The highest BCUT2D eigenvalue weighted by Gasteiger charge is 2.10. The number of benzene rings is 2. The van der Waals surface area contributed by atoms with Gasteiger partial charge in [-0.15, -0.1) is 0 Å². The van der Waals surface area contributed by atoms with E-state index in [9.17, 15) is 4.79 Å². The molecule has 6 heteroatoms. The number of methoxy groups -OCH3 is 1. The molecule has 5 nitrogen and oxygen atoms in total. The van der Waals surface area contributed by atoms with Crippen molar-refractivity contribution in [2.45, 2.75) is 6.54 Å². The molecule has 2 aromatic carbocycles. The largest absolute Gasteiger partial charge is 0.496 e. The number of hydrogen-bond donors (Lipinski definition) is 1. The van der Waals surface area contributed by atoms with Gasteiger partial charge in [-0.25, -0.2) is 9.97 Å². The van der Waals surface area contributed by atoms with Crippen molar-refractivity contribution in [3.8, 4) is 17.1 Å². The molecule has 0 atom stereocenters. The van der Waals surface area contributed by atoms with Crippen molar-refractivity contribution in [2.75, 3.05) is 7.11 Å². The summed E-state index contributed by atoms with van der Waals surface area (Å²) in [5.41, 5.74) is 2.20. The van der Waals surface area contributed by atoms with E-state index in [1.54, 1.807) is 7.11 Å². The topological polar surface area (TPSA) is 64.1 Å². The first-order chi connectivity index (χ1) is 12.2. The molecule has 126 valence electrons. The lowest BCUT2D eigenvalue weighted by atomic mass is 10.2. The molecule has 0 saturated heterocycles. The smallest absolute Gasteiger partial charge is 0.254 e. The van der Waals surface area contributed by atoms with Gasteiger partial charge in [0.05, 0.1) is 12.7 Å². The monoisotopic (exact) mass is 397 g/mol. The number of halogens is 1. The Balaban J connectivity index is 1.69. The highest BCUT2D eigenvalue weighted by molar-refractivity contribution is 9.10. The normalized spacial score (nSPS) is 10.3. The summed E-state index contributed by atoms with van der Waals surface area (Å²) in [5.74, 6) is 1.08. The molecule has 1 amide bonds. The van der Waals surface area contributed by atoms with Gasteiger partial charge in [0.1, 0.15) is 5.75 Å². The minimum atomic E-state index is -0.235. The van der Waals surface area contributed by atoms with Gasteiger partial charge in [-0.1, -0.05) is 46.3 Å². The molecule has 3 aromatic rings. The Kier molecular flexibility index (Phi) is 5.40. The number of carbonyl (C=O) groups is 1. The molecule has 1 heterocycles. The molecule has 0 spiro atoms. The fraction of sp³-hybridized carbons (Fsp3) is 0.105. The van der Waals surface area contributed by atoms with Crippen molar-refractivity contribution in [1.29, 1.82) is 0 Å². The van der Waals surface area contributed by atoms with Gasteiger partial charge in [0.25, 0.3) is 5.91 Å². The summed E-state index contributed by atoms with van der Waals surface area (Å²) in [4.78, 5) is 20.8. The summed E-state index contributed by atoms with van der Waals surface area (Å²) < 4.78 is 6.23. The first-order valence-electron chi connectivity index (χ1n) is 7.65. The summed E-state index contributed by atoms with van der Waals surface area (Å²) in [6.07, 6.45) is 3.06. The van der Waals surface area contributed by atoms with Crippen molar-refractivity contribution in [3.63, 3.8) is 0 Å². The van der Waals surface area contributed by atoms with Gasteiger partial charge in [-0.05, 0) is 18.2 Å². The summed E-state index contributed by atoms with van der Waals surface area (Å²) in [7, 11) is 1.60. The molecule has 1 N–H and O–H groups in total. The Bertz CT molecular complexity index is 868. The molecule has 3 rings (SSSR count). The number of ether oxygens (including phenoxy) is 1. The Labute approximate surface area is 154 Å². The van der Waals surface area contributed by atoms with Gasteiger partial charge in [0, 0.05) is 34.5 Å². The van der Waals surface area contributed by atoms with Crippen LogP contribution in [0.3, 0.4) is 0 Å². The maximum absolute atomic E-state index is 12.3. The van der Waals surface area contributed by atoms with Gasteiger partial charge in [-0.2, -0.15) is 0 Å². The van der Waals surface area contributed by atoms with Crippen LogP contribution >= 0.6 is 15.9 Å². The molecule has 0 aliphatic heterocycles. The van der Waals surface area contributed by atoms with Crippen LogP contribution in [0, 0.1) is 0 Å². The lowest BCUT2D eigenvalue weighted by Gasteiger charge is -2.10. The predicted molar refractivity (Wildman–Crippen MR) is 99.3 cm³/mol. The van der Waals surface area contributed by atoms with Gasteiger partial charge < -0.3 is 10.1 Å². The van der Waals surface area contributed by atoms with Crippen molar-refractivity contribution in [1.82, 2.24) is 15.3 Å². The van der Waals surface area contributed by atoms with Crippen LogP contribution in [0.5, 0.6) is 5.75 Å². The highest BCUT2D eigenvalue weighted by atomic mass is 79.9. The molecule has 0 aliphatic carbocycles. The zero-order valence-electron chi connectivity index (χ0n) is 13.6. The summed E-state index contributed by atoms with van der Waals surface area (Å²) in [6, 6.07) is 15.3. The molecule has 0 aliphatic rings. The van der Waals surface area contributed by atoms with Crippen LogP contribution in [-0.4, -0.2) is 23.0 Å². The van der Waals surface area contributed by atoms with Crippen molar-refractivity contribution in [3.05, 3.63) is 76.5 Å². The fourth-order valence-electron chi connectivity index (χ4n) is 2.34. The number of hydrogen-bond acceptors (Lipinski definition) is 4. The molecule has 25 heavy (non-hydrogen) atoms. The molecule has 0 saturated carbocycles. The highest BCUT2D eigenvalue weighted by Crippen LogP contribution is 2.22. The summed E-state index contributed by atoms with van der Waals surface area (Å²) in [5, 5.41) is 2.86. The maximum atomic E-state index is 12.3. The number of carbonyl (C=O) groups excluding carboxylic acids is 1. The Morgan fingerprint density at radius 1 is 1.12 bits per heavy atom. The third kappa shape index (κ3) is 4.22. The third-order valence-corrected chi connectivity index (χ3v) is 4.12. The molecular formula is C19H16BrN3O2. The van der Waals surface area contributed by atoms with E-state index in [-0.39, 0.29) is 5.91 Å². The van der Waals surface area contributed by atoms with E-state index in [0.29, 0.717) is 17.9 Å². The van der Waals surface area contributed by atoms with Crippen LogP contribution < -0.4 is 10.1 Å². The Hall–Kier alpha value is -2.73. The van der Waals surface area contributed by atoms with Crippen LogP contribution in [0.2, 0.25) is 0 Å². The molecule has 0 radical (unpaired) electrons. The van der Waals surface area contributed by atoms with Gasteiger partial charge in [0.15, 0.2) is 5.82 Å². The molecule has 0 fully saturated rings. The van der Waals surface area contributed by atoms with Crippen molar-refractivity contribution < 1.29 is 9.53 Å². The second-order valence-electron chi connectivity index (χ2n) is 5.30. The average Bonchev–Trinajstić information content (AvgIpc) is 2.67. The van der Waals surface area contributed by atoms with E-state index in [0.717, 1.165) is 21.3 Å². The minimum Gasteiger partial charge on any atom is -0.496 e. The van der Waals surface area contributed by atoms with Crippen molar-refractivity contribution in [2.24, 2.45) is 0 Å². The SMILES string of the molecule is COc1ccc(Br)cc1CNC(=O)c1cnc(-c2ccccc2)nc1. The summed E-state index contributed by atoms with van der Waals surface area (Å²) in [6.45, 7) is 0.349. The molecule has 0 bridgehead atoms. The average molecular weight is 398 g/mol. The standard InChI is InChI=1S/C19H16BrN3O2/c1-25-17-8-7-16(20)9-14(17)10-23-19(24)15-11-21-18(22-12-15)13-5-3-2-4-6-13/h2-9,11-12H,10H2,1H3,(H,23,24). The van der Waals surface area contributed by atoms with Gasteiger partial charge in [-0.3, -0.25) is 4.79 Å². The quantitative estimate of drug-likeness (QED) is 0.709. The number of nitrogens with one attached hydrogen (secondary N) is 1. The molecule has 1 aromatic heterocycles. The lowest BCUT2D eigenvalue weighted by Crippen LogP contribution is -2.23. The first-order valence-corrected chi connectivity index (χ1v) is 8.45.